The number of rotatable bonds is 6. The molecule has 0 aliphatic rings. The Morgan fingerprint density at radius 2 is 1.96 bits per heavy atom. The number of thioether (sulfide) groups is 1. The lowest BCUT2D eigenvalue weighted by Gasteiger charge is -2.10. The number of pyridine rings is 1. The molecule has 2 heterocycles. The third-order valence-corrected chi connectivity index (χ3v) is 4.42. The number of benzene rings is 1. The van der Waals surface area contributed by atoms with Crippen molar-refractivity contribution in [3.63, 3.8) is 0 Å². The molecule has 0 aliphatic carbocycles. The summed E-state index contributed by atoms with van der Waals surface area (Å²) in [5.74, 6) is 0.384. The summed E-state index contributed by atoms with van der Waals surface area (Å²) in [6, 6.07) is 13.8. The van der Waals surface area contributed by atoms with Crippen LogP contribution in [0, 0.1) is 0 Å². The van der Waals surface area contributed by atoms with Gasteiger partial charge in [0, 0.05) is 11.9 Å². The average Bonchev–Trinajstić information content (AvgIpc) is 3.04. The van der Waals surface area contributed by atoms with Crippen LogP contribution in [0.5, 0.6) is 0 Å². The molecule has 0 spiro atoms. The zero-order valence-corrected chi connectivity index (χ0v) is 14.0. The summed E-state index contributed by atoms with van der Waals surface area (Å²) in [4.78, 5) is 15.5. The van der Waals surface area contributed by atoms with E-state index in [0.717, 1.165) is 17.8 Å². The van der Waals surface area contributed by atoms with Crippen LogP contribution in [0.3, 0.4) is 0 Å². The van der Waals surface area contributed by atoms with Crippen LogP contribution in [-0.2, 0) is 11.2 Å². The smallest absolute Gasteiger partial charge is 0.227 e. The maximum absolute atomic E-state index is 11.1. The molecule has 3 rings (SSSR count). The molecule has 0 unspecified atom stereocenters. The molecule has 7 heteroatoms. The number of hydrogen-bond acceptors (Lipinski definition) is 5. The highest BCUT2D eigenvalue weighted by Crippen LogP contribution is 2.27. The molecule has 0 saturated carbocycles. The van der Waals surface area contributed by atoms with E-state index in [1.165, 1.54) is 17.3 Å². The highest BCUT2D eigenvalue weighted by Gasteiger charge is 2.17. The van der Waals surface area contributed by atoms with Crippen LogP contribution in [-0.4, -0.2) is 31.4 Å². The summed E-state index contributed by atoms with van der Waals surface area (Å²) in [5.41, 5.74) is 8.14. The van der Waals surface area contributed by atoms with Crippen LogP contribution in [0.2, 0.25) is 0 Å². The van der Waals surface area contributed by atoms with Gasteiger partial charge in [0.2, 0.25) is 5.91 Å². The van der Waals surface area contributed by atoms with Crippen molar-refractivity contribution in [3.05, 3.63) is 54.2 Å². The molecule has 6 nitrogen and oxygen atoms in total. The van der Waals surface area contributed by atoms with Crippen LogP contribution >= 0.6 is 11.8 Å². The molecule has 0 radical (unpaired) electrons. The summed E-state index contributed by atoms with van der Waals surface area (Å²) in [5, 5.41) is 9.08. The van der Waals surface area contributed by atoms with E-state index in [9.17, 15) is 4.79 Å². The molecular weight excluding hydrogens is 322 g/mol. The summed E-state index contributed by atoms with van der Waals surface area (Å²) >= 11 is 1.26. The van der Waals surface area contributed by atoms with Gasteiger partial charge in [0.1, 0.15) is 5.69 Å². The van der Waals surface area contributed by atoms with Crippen LogP contribution in [0.1, 0.15) is 12.5 Å². The minimum absolute atomic E-state index is 0.146. The quantitative estimate of drug-likeness (QED) is 0.697. The first-order valence-electron chi connectivity index (χ1n) is 7.56. The van der Waals surface area contributed by atoms with Crippen molar-refractivity contribution >= 4 is 17.7 Å². The van der Waals surface area contributed by atoms with E-state index in [2.05, 4.69) is 34.2 Å². The Bertz CT molecular complexity index is 830. The van der Waals surface area contributed by atoms with E-state index >= 15 is 0 Å². The number of nitrogens with zero attached hydrogens (tertiary/aromatic N) is 4. The number of carbonyl (C=O) groups excluding carboxylic acids is 1. The van der Waals surface area contributed by atoms with E-state index in [0.29, 0.717) is 11.0 Å². The lowest BCUT2D eigenvalue weighted by atomic mass is 10.1. The predicted octanol–water partition coefficient (Wildman–Crippen LogP) is 2.47. The van der Waals surface area contributed by atoms with Gasteiger partial charge in [-0.05, 0) is 36.2 Å². The second-order valence-corrected chi connectivity index (χ2v) is 6.07. The summed E-state index contributed by atoms with van der Waals surface area (Å²) < 4.78 is 1.90. The highest BCUT2D eigenvalue weighted by molar-refractivity contribution is 7.99. The van der Waals surface area contributed by atoms with Gasteiger partial charge < -0.3 is 5.73 Å². The molecular formula is C17H17N5OS. The summed E-state index contributed by atoms with van der Waals surface area (Å²) in [6.07, 6.45) is 2.68. The normalized spacial score (nSPS) is 10.7. The van der Waals surface area contributed by atoms with E-state index < -0.39 is 5.91 Å². The Labute approximate surface area is 144 Å². The van der Waals surface area contributed by atoms with Crippen LogP contribution in [0.15, 0.2) is 53.8 Å². The largest absolute Gasteiger partial charge is 0.369 e. The first kappa shape index (κ1) is 16.2. The number of aromatic nitrogens is 4. The number of aryl methyl sites for hydroxylation is 1. The van der Waals surface area contributed by atoms with Gasteiger partial charge in [-0.1, -0.05) is 36.9 Å². The van der Waals surface area contributed by atoms with Crippen molar-refractivity contribution in [2.24, 2.45) is 5.73 Å². The number of hydrogen-bond donors (Lipinski definition) is 1. The van der Waals surface area contributed by atoms with Crippen molar-refractivity contribution in [2.75, 3.05) is 5.75 Å². The van der Waals surface area contributed by atoms with Crippen molar-refractivity contribution in [2.45, 2.75) is 18.5 Å². The minimum Gasteiger partial charge on any atom is -0.369 e. The Balaban J connectivity index is 2.08. The third kappa shape index (κ3) is 3.46. The van der Waals surface area contributed by atoms with Crippen molar-refractivity contribution in [1.29, 1.82) is 0 Å². The predicted molar refractivity (Wildman–Crippen MR) is 93.9 cm³/mol. The van der Waals surface area contributed by atoms with Gasteiger partial charge in [0.25, 0.3) is 0 Å². The average molecular weight is 339 g/mol. The molecule has 0 bridgehead atoms. The zero-order valence-electron chi connectivity index (χ0n) is 13.2. The number of carbonyl (C=O) groups is 1. The number of nitrogens with two attached hydrogens (primary N) is 1. The summed E-state index contributed by atoms with van der Waals surface area (Å²) in [7, 11) is 0. The molecule has 0 aliphatic heterocycles. The first-order chi connectivity index (χ1) is 11.7. The Morgan fingerprint density at radius 3 is 2.58 bits per heavy atom. The maximum Gasteiger partial charge on any atom is 0.227 e. The van der Waals surface area contributed by atoms with Gasteiger partial charge in [0.05, 0.1) is 5.75 Å². The lowest BCUT2D eigenvalue weighted by molar-refractivity contribution is -0.115. The second kappa shape index (κ2) is 7.27. The van der Waals surface area contributed by atoms with Crippen LogP contribution < -0.4 is 5.73 Å². The fourth-order valence-electron chi connectivity index (χ4n) is 2.27. The topological polar surface area (TPSA) is 86.7 Å². The SMILES string of the molecule is CCc1ccc(-n2c(SCC(N)=O)nnc2-c2ccccn2)cc1. The van der Waals surface area contributed by atoms with Gasteiger partial charge in [-0.3, -0.25) is 14.3 Å². The maximum atomic E-state index is 11.1. The van der Waals surface area contributed by atoms with Crippen LogP contribution in [0.25, 0.3) is 17.2 Å². The van der Waals surface area contributed by atoms with Crippen molar-refractivity contribution < 1.29 is 4.79 Å². The molecule has 1 aromatic carbocycles. The molecule has 0 atom stereocenters. The van der Waals surface area contributed by atoms with E-state index in [1.807, 2.05) is 34.9 Å². The molecule has 1 amide bonds. The molecule has 2 N–H and O–H groups in total. The molecule has 0 fully saturated rings. The standard InChI is InChI=1S/C17H17N5OS/c1-2-12-6-8-13(9-7-12)22-16(14-5-3-4-10-19-14)20-21-17(22)24-11-15(18)23/h3-10H,2,11H2,1H3,(H2,18,23). The molecule has 0 saturated heterocycles. The Morgan fingerprint density at radius 1 is 1.17 bits per heavy atom. The van der Waals surface area contributed by atoms with Gasteiger partial charge in [0.15, 0.2) is 11.0 Å². The lowest BCUT2D eigenvalue weighted by Crippen LogP contribution is -2.13. The second-order valence-electron chi connectivity index (χ2n) is 5.13. The van der Waals surface area contributed by atoms with Gasteiger partial charge >= 0.3 is 0 Å². The highest BCUT2D eigenvalue weighted by atomic mass is 32.2. The number of amides is 1. The van der Waals surface area contributed by atoms with Gasteiger partial charge in [-0.2, -0.15) is 0 Å². The molecule has 122 valence electrons. The van der Waals surface area contributed by atoms with Gasteiger partial charge in [-0.25, -0.2) is 0 Å². The van der Waals surface area contributed by atoms with Crippen molar-refractivity contribution in [3.8, 4) is 17.2 Å². The van der Waals surface area contributed by atoms with Gasteiger partial charge in [-0.15, -0.1) is 10.2 Å². The van der Waals surface area contributed by atoms with E-state index in [4.69, 9.17) is 5.73 Å². The number of primary amides is 1. The monoisotopic (exact) mass is 339 g/mol. The third-order valence-electron chi connectivity index (χ3n) is 3.47. The van der Waals surface area contributed by atoms with E-state index in [-0.39, 0.29) is 5.75 Å². The first-order valence-corrected chi connectivity index (χ1v) is 8.55. The molecule has 3 aromatic rings. The summed E-state index contributed by atoms with van der Waals surface area (Å²) in [6.45, 7) is 2.11. The molecule has 24 heavy (non-hydrogen) atoms. The molecule has 2 aromatic heterocycles. The van der Waals surface area contributed by atoms with Crippen LogP contribution in [0.4, 0.5) is 0 Å². The van der Waals surface area contributed by atoms with E-state index in [1.54, 1.807) is 6.20 Å². The fraction of sp³-hybridized carbons (Fsp3) is 0.176. The Kier molecular flexibility index (Phi) is 4.90. The zero-order chi connectivity index (χ0) is 16.9. The Hall–Kier alpha value is -2.67. The fourth-order valence-corrected chi connectivity index (χ4v) is 2.96. The minimum atomic E-state index is -0.393. The van der Waals surface area contributed by atoms with Crippen molar-refractivity contribution in [1.82, 2.24) is 19.7 Å².